The number of halogens is 1. The highest BCUT2D eigenvalue weighted by Gasteiger charge is 2.29. The third-order valence-electron chi connectivity index (χ3n) is 2.40. The van der Waals surface area contributed by atoms with E-state index in [0.717, 1.165) is 23.0 Å². The third kappa shape index (κ3) is 3.41. The second-order valence-corrected chi connectivity index (χ2v) is 6.12. The van der Waals surface area contributed by atoms with Crippen molar-refractivity contribution in [3.8, 4) is 0 Å². The molecule has 0 saturated heterocycles. The number of nitrogens with one attached hydrogen (secondary N) is 1. The fourth-order valence-electron chi connectivity index (χ4n) is 1.51. The molecule has 0 unspecified atom stereocenters. The van der Waals surface area contributed by atoms with Crippen molar-refractivity contribution in [2.45, 2.75) is 45.1 Å². The Balaban J connectivity index is 2.09. The lowest BCUT2D eigenvalue weighted by Gasteiger charge is -2.19. The summed E-state index contributed by atoms with van der Waals surface area (Å²) in [6, 6.07) is 0. The van der Waals surface area contributed by atoms with Crippen LogP contribution in [0.4, 0.5) is 10.6 Å². The van der Waals surface area contributed by atoms with Gasteiger partial charge in [-0.3, -0.25) is 5.32 Å². The molecule has 18 heavy (non-hydrogen) atoms. The van der Waals surface area contributed by atoms with Crippen molar-refractivity contribution in [1.29, 1.82) is 0 Å². The second kappa shape index (κ2) is 4.84. The van der Waals surface area contributed by atoms with Crippen LogP contribution < -0.4 is 5.32 Å². The Morgan fingerprint density at radius 1 is 1.44 bits per heavy atom. The number of carbonyl (C=O) groups excluding carboxylic acids is 1. The Morgan fingerprint density at radius 2 is 2.11 bits per heavy atom. The molecule has 1 N–H and O–H groups in total. The topological polar surface area (TPSA) is 64.1 Å². The Labute approximate surface area is 114 Å². The van der Waals surface area contributed by atoms with E-state index in [1.54, 1.807) is 0 Å². The quantitative estimate of drug-likeness (QED) is 0.908. The summed E-state index contributed by atoms with van der Waals surface area (Å²) >= 11 is 3.43. The zero-order valence-corrected chi connectivity index (χ0v) is 12.2. The van der Waals surface area contributed by atoms with Gasteiger partial charge in [-0.1, -0.05) is 0 Å². The molecule has 1 aliphatic carbocycles. The zero-order chi connectivity index (χ0) is 13.3. The largest absolute Gasteiger partial charge is 0.444 e. The van der Waals surface area contributed by atoms with Gasteiger partial charge in [0, 0.05) is 5.92 Å². The fraction of sp³-hybridized carbons (Fsp3) is 0.583. The van der Waals surface area contributed by atoms with Crippen molar-refractivity contribution >= 4 is 27.8 Å². The van der Waals surface area contributed by atoms with E-state index in [2.05, 4.69) is 31.2 Å². The number of hydrogen-bond donors (Lipinski definition) is 1. The molecule has 1 aromatic rings. The van der Waals surface area contributed by atoms with Crippen molar-refractivity contribution in [2.24, 2.45) is 0 Å². The highest BCUT2D eigenvalue weighted by molar-refractivity contribution is 9.10. The van der Waals surface area contributed by atoms with Crippen molar-refractivity contribution in [3.05, 3.63) is 16.5 Å². The van der Waals surface area contributed by atoms with Crippen LogP contribution in [0.25, 0.3) is 0 Å². The molecular weight excluding hydrogens is 298 g/mol. The SMILES string of the molecule is CC(C)(C)OC(=O)Nc1ncnc(C2CC2)c1Br. The van der Waals surface area contributed by atoms with E-state index in [1.807, 2.05) is 20.8 Å². The number of rotatable bonds is 2. The lowest BCUT2D eigenvalue weighted by molar-refractivity contribution is 0.0635. The molecule has 1 heterocycles. The van der Waals surface area contributed by atoms with Gasteiger partial charge in [0.2, 0.25) is 0 Å². The molecule has 0 aliphatic heterocycles. The Hall–Kier alpha value is -1.17. The maximum absolute atomic E-state index is 11.7. The van der Waals surface area contributed by atoms with Crippen LogP contribution in [0.3, 0.4) is 0 Å². The van der Waals surface area contributed by atoms with Crippen LogP contribution in [0, 0.1) is 0 Å². The summed E-state index contributed by atoms with van der Waals surface area (Å²) in [6.07, 6.45) is 3.23. The van der Waals surface area contributed by atoms with Crippen molar-refractivity contribution in [1.82, 2.24) is 9.97 Å². The minimum absolute atomic E-state index is 0.459. The molecule has 6 heteroatoms. The summed E-state index contributed by atoms with van der Waals surface area (Å²) < 4.78 is 5.93. The van der Waals surface area contributed by atoms with Gasteiger partial charge in [0.1, 0.15) is 11.9 Å². The molecule has 1 aliphatic rings. The van der Waals surface area contributed by atoms with Gasteiger partial charge in [0.05, 0.1) is 10.2 Å². The molecule has 2 rings (SSSR count). The first-order chi connectivity index (χ1) is 8.37. The summed E-state index contributed by atoms with van der Waals surface area (Å²) in [5.74, 6) is 0.947. The number of ether oxygens (including phenoxy) is 1. The van der Waals surface area contributed by atoms with E-state index in [9.17, 15) is 4.79 Å². The zero-order valence-electron chi connectivity index (χ0n) is 10.7. The van der Waals surface area contributed by atoms with Crippen LogP contribution in [-0.2, 0) is 4.74 Å². The molecule has 98 valence electrons. The van der Waals surface area contributed by atoms with Crippen LogP contribution in [0.15, 0.2) is 10.8 Å². The monoisotopic (exact) mass is 313 g/mol. The average molecular weight is 314 g/mol. The molecule has 1 aromatic heterocycles. The van der Waals surface area contributed by atoms with Gasteiger partial charge < -0.3 is 4.74 Å². The Bertz CT molecular complexity index is 467. The molecular formula is C12H16BrN3O2. The number of hydrogen-bond acceptors (Lipinski definition) is 4. The van der Waals surface area contributed by atoms with Crippen molar-refractivity contribution in [2.75, 3.05) is 5.32 Å². The van der Waals surface area contributed by atoms with Gasteiger partial charge in [-0.2, -0.15) is 0 Å². The molecule has 1 amide bonds. The summed E-state index contributed by atoms with van der Waals surface area (Å²) in [5.41, 5.74) is 0.430. The lowest BCUT2D eigenvalue weighted by atomic mass is 10.2. The lowest BCUT2D eigenvalue weighted by Crippen LogP contribution is -2.27. The normalized spacial score (nSPS) is 15.3. The predicted molar refractivity (Wildman–Crippen MR) is 71.6 cm³/mol. The average Bonchev–Trinajstić information content (AvgIpc) is 3.02. The fourth-order valence-corrected chi connectivity index (χ4v) is 2.14. The first kappa shape index (κ1) is 13.3. The molecule has 1 fully saturated rings. The molecule has 0 bridgehead atoms. The van der Waals surface area contributed by atoms with Crippen LogP contribution >= 0.6 is 15.9 Å². The van der Waals surface area contributed by atoms with E-state index in [1.165, 1.54) is 6.33 Å². The summed E-state index contributed by atoms with van der Waals surface area (Å²) in [7, 11) is 0. The molecule has 1 saturated carbocycles. The van der Waals surface area contributed by atoms with Gasteiger partial charge in [-0.05, 0) is 49.5 Å². The van der Waals surface area contributed by atoms with Crippen LogP contribution in [-0.4, -0.2) is 21.7 Å². The Kier molecular flexibility index (Phi) is 3.56. The van der Waals surface area contributed by atoms with E-state index in [4.69, 9.17) is 4.74 Å². The van der Waals surface area contributed by atoms with E-state index in [-0.39, 0.29) is 0 Å². The number of amides is 1. The second-order valence-electron chi connectivity index (χ2n) is 5.32. The van der Waals surface area contributed by atoms with Crippen LogP contribution in [0.1, 0.15) is 45.2 Å². The van der Waals surface area contributed by atoms with Crippen molar-refractivity contribution < 1.29 is 9.53 Å². The molecule has 0 spiro atoms. The van der Waals surface area contributed by atoms with Gasteiger partial charge in [-0.25, -0.2) is 14.8 Å². The number of carbonyl (C=O) groups is 1. The predicted octanol–water partition coefficient (Wildman–Crippen LogP) is 3.46. The van der Waals surface area contributed by atoms with E-state index in [0.29, 0.717) is 11.7 Å². The first-order valence-electron chi connectivity index (χ1n) is 5.87. The van der Waals surface area contributed by atoms with E-state index >= 15 is 0 Å². The number of aromatic nitrogens is 2. The number of anilines is 1. The minimum Gasteiger partial charge on any atom is -0.444 e. The smallest absolute Gasteiger partial charge is 0.413 e. The highest BCUT2D eigenvalue weighted by atomic mass is 79.9. The molecule has 0 radical (unpaired) electrons. The Morgan fingerprint density at radius 3 is 2.67 bits per heavy atom. The first-order valence-corrected chi connectivity index (χ1v) is 6.66. The molecule has 0 atom stereocenters. The standard InChI is InChI=1S/C12H16BrN3O2/c1-12(2,3)18-11(17)16-10-8(13)9(7-4-5-7)14-6-15-10/h6-7H,4-5H2,1-3H3,(H,14,15,16,17). The summed E-state index contributed by atoms with van der Waals surface area (Å²) in [4.78, 5) is 19.9. The number of nitrogens with zero attached hydrogens (tertiary/aromatic N) is 2. The summed E-state index contributed by atoms with van der Waals surface area (Å²) in [5, 5.41) is 2.63. The van der Waals surface area contributed by atoms with Gasteiger partial charge >= 0.3 is 6.09 Å². The summed E-state index contributed by atoms with van der Waals surface area (Å²) in [6.45, 7) is 5.45. The van der Waals surface area contributed by atoms with Gasteiger partial charge in [0.15, 0.2) is 5.82 Å². The minimum atomic E-state index is -0.525. The van der Waals surface area contributed by atoms with Gasteiger partial charge in [-0.15, -0.1) is 0 Å². The maximum atomic E-state index is 11.7. The van der Waals surface area contributed by atoms with Crippen LogP contribution in [0.2, 0.25) is 0 Å². The maximum Gasteiger partial charge on any atom is 0.413 e. The molecule has 0 aromatic carbocycles. The van der Waals surface area contributed by atoms with Crippen LogP contribution in [0.5, 0.6) is 0 Å². The highest BCUT2D eigenvalue weighted by Crippen LogP contribution is 2.43. The third-order valence-corrected chi connectivity index (χ3v) is 3.18. The van der Waals surface area contributed by atoms with Gasteiger partial charge in [0.25, 0.3) is 0 Å². The molecule has 5 nitrogen and oxygen atoms in total. The van der Waals surface area contributed by atoms with E-state index < -0.39 is 11.7 Å². The van der Waals surface area contributed by atoms with Crippen molar-refractivity contribution in [3.63, 3.8) is 0 Å².